The van der Waals surface area contributed by atoms with E-state index < -0.39 is 10.0 Å². The summed E-state index contributed by atoms with van der Waals surface area (Å²) in [5, 5.41) is 8.25. The molecule has 2 aromatic rings. The van der Waals surface area contributed by atoms with Crippen LogP contribution in [-0.2, 0) is 16.6 Å². The Morgan fingerprint density at radius 2 is 2.05 bits per heavy atom. The minimum Gasteiger partial charge on any atom is -0.381 e. The first-order valence-electron chi connectivity index (χ1n) is 5.74. The average Bonchev–Trinajstić information content (AvgIpc) is 2.37. The highest BCUT2D eigenvalue weighted by Gasteiger charge is 2.07. The van der Waals surface area contributed by atoms with Gasteiger partial charge in [-0.3, -0.25) is 4.98 Å². The van der Waals surface area contributed by atoms with Gasteiger partial charge in [-0.15, -0.1) is 0 Å². The van der Waals surface area contributed by atoms with E-state index >= 15 is 0 Å². The lowest BCUT2D eigenvalue weighted by atomic mass is 10.2. The Kier molecular flexibility index (Phi) is 3.82. The maximum absolute atomic E-state index is 11.3. The quantitative estimate of drug-likeness (QED) is 0.889. The Bertz CT molecular complexity index is 684. The van der Waals surface area contributed by atoms with Crippen molar-refractivity contribution in [2.24, 2.45) is 5.14 Å². The molecule has 1 heterocycles. The molecule has 0 radical (unpaired) electrons. The smallest absolute Gasteiger partial charge is 0.238 e. The summed E-state index contributed by atoms with van der Waals surface area (Å²) in [5.41, 5.74) is 2.70. The van der Waals surface area contributed by atoms with E-state index in [-0.39, 0.29) is 4.90 Å². The van der Waals surface area contributed by atoms with Gasteiger partial charge in [-0.2, -0.15) is 0 Å². The summed E-state index contributed by atoms with van der Waals surface area (Å²) < 4.78 is 22.5. The summed E-state index contributed by atoms with van der Waals surface area (Å²) in [6.45, 7) is 2.51. The lowest BCUT2D eigenvalue weighted by molar-refractivity contribution is 0.598. The van der Waals surface area contributed by atoms with Crippen LogP contribution in [0, 0.1) is 6.92 Å². The molecule has 2 rings (SSSR count). The number of aryl methyl sites for hydroxylation is 1. The number of sulfonamides is 1. The van der Waals surface area contributed by atoms with Crippen LogP contribution < -0.4 is 10.5 Å². The Morgan fingerprint density at radius 3 is 2.74 bits per heavy atom. The van der Waals surface area contributed by atoms with Gasteiger partial charge in [0.25, 0.3) is 0 Å². The van der Waals surface area contributed by atoms with Gasteiger partial charge in [0.1, 0.15) is 0 Å². The number of primary sulfonamides is 1. The third-order valence-electron chi connectivity index (χ3n) is 2.76. The molecule has 0 atom stereocenters. The molecule has 0 saturated carbocycles. The topological polar surface area (TPSA) is 85.1 Å². The van der Waals surface area contributed by atoms with E-state index in [0.717, 1.165) is 11.3 Å². The van der Waals surface area contributed by atoms with E-state index in [1.54, 1.807) is 18.3 Å². The number of nitrogens with zero attached hydrogens (tertiary/aromatic N) is 1. The predicted molar refractivity (Wildman–Crippen MR) is 74.1 cm³/mol. The van der Waals surface area contributed by atoms with Crippen molar-refractivity contribution in [2.75, 3.05) is 5.32 Å². The number of hydrogen-bond donors (Lipinski definition) is 2. The van der Waals surface area contributed by atoms with Crippen LogP contribution in [0.15, 0.2) is 47.5 Å². The van der Waals surface area contributed by atoms with Crippen molar-refractivity contribution in [2.45, 2.75) is 18.4 Å². The minimum atomic E-state index is -3.67. The molecule has 0 aliphatic heterocycles. The molecule has 1 aromatic heterocycles. The van der Waals surface area contributed by atoms with E-state index in [9.17, 15) is 8.42 Å². The average molecular weight is 277 g/mol. The van der Waals surface area contributed by atoms with Gasteiger partial charge in [0.2, 0.25) is 10.0 Å². The zero-order chi connectivity index (χ0) is 13.9. The number of rotatable bonds is 4. The summed E-state index contributed by atoms with van der Waals surface area (Å²) in [5.74, 6) is 0. The summed E-state index contributed by atoms with van der Waals surface area (Å²) in [6, 6.07) is 10.3. The van der Waals surface area contributed by atoms with Crippen molar-refractivity contribution in [3.8, 4) is 0 Å². The zero-order valence-electron chi connectivity index (χ0n) is 10.5. The molecule has 0 saturated heterocycles. The molecule has 6 heteroatoms. The van der Waals surface area contributed by atoms with E-state index in [2.05, 4.69) is 10.3 Å². The van der Waals surface area contributed by atoms with Crippen LogP contribution in [0.5, 0.6) is 0 Å². The van der Waals surface area contributed by atoms with Crippen molar-refractivity contribution in [1.82, 2.24) is 4.98 Å². The lowest BCUT2D eigenvalue weighted by Gasteiger charge is -2.09. The maximum atomic E-state index is 11.3. The molecule has 0 amide bonds. The molecule has 0 spiro atoms. The third kappa shape index (κ3) is 3.52. The van der Waals surface area contributed by atoms with Crippen LogP contribution in [-0.4, -0.2) is 13.4 Å². The van der Waals surface area contributed by atoms with E-state index in [1.807, 2.05) is 19.1 Å². The first-order valence-corrected chi connectivity index (χ1v) is 7.29. The van der Waals surface area contributed by atoms with Crippen LogP contribution in [0.25, 0.3) is 0 Å². The van der Waals surface area contributed by atoms with Crippen LogP contribution >= 0.6 is 0 Å². The molecule has 19 heavy (non-hydrogen) atoms. The van der Waals surface area contributed by atoms with Crippen LogP contribution in [0.1, 0.15) is 11.3 Å². The summed E-state index contributed by atoms with van der Waals surface area (Å²) in [7, 11) is -3.67. The van der Waals surface area contributed by atoms with Crippen molar-refractivity contribution in [3.63, 3.8) is 0 Å². The number of benzene rings is 1. The van der Waals surface area contributed by atoms with Gasteiger partial charge in [-0.05, 0) is 36.8 Å². The number of pyridine rings is 1. The minimum absolute atomic E-state index is 0.0976. The van der Waals surface area contributed by atoms with Gasteiger partial charge in [-0.1, -0.05) is 12.1 Å². The molecule has 0 aliphatic carbocycles. The Morgan fingerprint density at radius 1 is 1.26 bits per heavy atom. The standard InChI is InChI=1S/C13H15N3O2S/c1-10-11(4-3-7-15-10)9-16-12-5-2-6-13(8-12)19(14,17)18/h2-8,16H,9H2,1H3,(H2,14,17,18). The highest BCUT2D eigenvalue weighted by molar-refractivity contribution is 7.89. The van der Waals surface area contributed by atoms with Crippen LogP contribution in [0.3, 0.4) is 0 Å². The number of nitrogens with one attached hydrogen (secondary N) is 1. The number of hydrogen-bond acceptors (Lipinski definition) is 4. The fourth-order valence-electron chi connectivity index (χ4n) is 1.68. The first kappa shape index (κ1) is 13.5. The van der Waals surface area contributed by atoms with Gasteiger partial charge in [0.05, 0.1) is 4.90 Å². The zero-order valence-corrected chi connectivity index (χ0v) is 11.3. The van der Waals surface area contributed by atoms with Gasteiger partial charge in [0, 0.05) is 24.1 Å². The van der Waals surface area contributed by atoms with E-state index in [1.165, 1.54) is 12.1 Å². The summed E-state index contributed by atoms with van der Waals surface area (Å²) in [4.78, 5) is 4.29. The number of aromatic nitrogens is 1. The number of anilines is 1. The molecule has 1 aromatic carbocycles. The maximum Gasteiger partial charge on any atom is 0.238 e. The van der Waals surface area contributed by atoms with E-state index in [0.29, 0.717) is 12.2 Å². The molecular formula is C13H15N3O2S. The highest BCUT2D eigenvalue weighted by atomic mass is 32.2. The Hall–Kier alpha value is -1.92. The molecule has 0 unspecified atom stereocenters. The molecule has 0 aliphatic rings. The molecule has 100 valence electrons. The fraction of sp³-hybridized carbons (Fsp3) is 0.154. The largest absolute Gasteiger partial charge is 0.381 e. The van der Waals surface area contributed by atoms with Crippen LogP contribution in [0.2, 0.25) is 0 Å². The van der Waals surface area contributed by atoms with Crippen molar-refractivity contribution in [3.05, 3.63) is 53.9 Å². The summed E-state index contributed by atoms with van der Waals surface area (Å²) >= 11 is 0. The normalized spacial score (nSPS) is 11.3. The second-order valence-electron chi connectivity index (χ2n) is 4.17. The predicted octanol–water partition coefficient (Wildman–Crippen LogP) is 1.65. The van der Waals surface area contributed by atoms with Gasteiger partial charge in [-0.25, -0.2) is 13.6 Å². The van der Waals surface area contributed by atoms with E-state index in [4.69, 9.17) is 5.14 Å². The first-order chi connectivity index (χ1) is 8.97. The molecule has 0 fully saturated rings. The monoisotopic (exact) mass is 277 g/mol. The summed E-state index contributed by atoms with van der Waals surface area (Å²) in [6.07, 6.45) is 1.74. The van der Waals surface area contributed by atoms with Gasteiger partial charge in [0.15, 0.2) is 0 Å². The van der Waals surface area contributed by atoms with Crippen molar-refractivity contribution >= 4 is 15.7 Å². The molecule has 3 N–H and O–H groups in total. The number of nitrogens with two attached hydrogens (primary N) is 1. The molecule has 0 bridgehead atoms. The lowest BCUT2D eigenvalue weighted by Crippen LogP contribution is -2.12. The van der Waals surface area contributed by atoms with Gasteiger partial charge >= 0.3 is 0 Å². The molecular weight excluding hydrogens is 262 g/mol. The van der Waals surface area contributed by atoms with Crippen molar-refractivity contribution < 1.29 is 8.42 Å². The van der Waals surface area contributed by atoms with Crippen LogP contribution in [0.4, 0.5) is 5.69 Å². The Labute approximate surface area is 112 Å². The SMILES string of the molecule is Cc1ncccc1CNc1cccc(S(N)(=O)=O)c1. The van der Waals surface area contributed by atoms with Gasteiger partial charge < -0.3 is 5.32 Å². The second-order valence-corrected chi connectivity index (χ2v) is 5.74. The fourth-order valence-corrected chi connectivity index (χ4v) is 2.24. The third-order valence-corrected chi connectivity index (χ3v) is 3.67. The second kappa shape index (κ2) is 5.38. The Balaban J connectivity index is 2.15. The highest BCUT2D eigenvalue weighted by Crippen LogP contribution is 2.15. The molecule has 5 nitrogen and oxygen atoms in total. The van der Waals surface area contributed by atoms with Crippen molar-refractivity contribution in [1.29, 1.82) is 0 Å².